The Hall–Kier alpha value is -1.18. The second kappa shape index (κ2) is 7.39. The van der Waals surface area contributed by atoms with Gasteiger partial charge in [-0.1, -0.05) is 0 Å². The molecule has 126 valence electrons. The SMILES string of the molecule is COC(=O)[C@H]1C[C@@](C)(C(=O)OC)N[C@H]1CCCC1OCCO1. The van der Waals surface area contributed by atoms with Crippen molar-refractivity contribution in [3.8, 4) is 0 Å². The Kier molecular flexibility index (Phi) is 5.77. The first kappa shape index (κ1) is 17.2. The van der Waals surface area contributed by atoms with E-state index in [-0.39, 0.29) is 30.2 Å². The van der Waals surface area contributed by atoms with Crippen LogP contribution < -0.4 is 5.32 Å². The highest BCUT2D eigenvalue weighted by molar-refractivity contribution is 5.83. The smallest absolute Gasteiger partial charge is 0.325 e. The molecule has 0 aliphatic carbocycles. The zero-order valence-electron chi connectivity index (χ0n) is 13.4. The molecule has 2 saturated heterocycles. The average molecular weight is 315 g/mol. The monoisotopic (exact) mass is 315 g/mol. The van der Waals surface area contributed by atoms with Crippen LogP contribution in [0.3, 0.4) is 0 Å². The van der Waals surface area contributed by atoms with E-state index in [1.54, 1.807) is 6.92 Å². The number of hydrogen-bond acceptors (Lipinski definition) is 7. The van der Waals surface area contributed by atoms with Crippen molar-refractivity contribution in [2.75, 3.05) is 27.4 Å². The summed E-state index contributed by atoms with van der Waals surface area (Å²) in [4.78, 5) is 23.9. The van der Waals surface area contributed by atoms with Gasteiger partial charge >= 0.3 is 11.9 Å². The van der Waals surface area contributed by atoms with E-state index in [2.05, 4.69) is 5.32 Å². The van der Waals surface area contributed by atoms with Gasteiger partial charge in [0.05, 0.1) is 33.4 Å². The third kappa shape index (κ3) is 3.77. The van der Waals surface area contributed by atoms with Crippen LogP contribution in [-0.4, -0.2) is 57.2 Å². The molecule has 0 amide bonds. The molecule has 3 atom stereocenters. The molecule has 2 aliphatic rings. The van der Waals surface area contributed by atoms with Crippen LogP contribution in [-0.2, 0) is 28.5 Å². The predicted molar refractivity (Wildman–Crippen MR) is 77.0 cm³/mol. The molecule has 0 aromatic heterocycles. The molecule has 0 saturated carbocycles. The molecule has 2 heterocycles. The van der Waals surface area contributed by atoms with E-state index in [9.17, 15) is 9.59 Å². The lowest BCUT2D eigenvalue weighted by molar-refractivity contribution is -0.148. The Bertz CT molecular complexity index is 409. The summed E-state index contributed by atoms with van der Waals surface area (Å²) in [6.45, 7) is 3.03. The third-order valence-corrected chi connectivity index (χ3v) is 4.40. The maximum Gasteiger partial charge on any atom is 0.325 e. The van der Waals surface area contributed by atoms with E-state index in [0.717, 1.165) is 19.3 Å². The van der Waals surface area contributed by atoms with Crippen LogP contribution in [0.15, 0.2) is 0 Å². The van der Waals surface area contributed by atoms with Gasteiger partial charge in [-0.15, -0.1) is 0 Å². The number of methoxy groups -OCH3 is 2. The predicted octanol–water partition coefficient (Wildman–Crippen LogP) is 0.612. The summed E-state index contributed by atoms with van der Waals surface area (Å²) in [6.07, 6.45) is 2.60. The Balaban J connectivity index is 1.93. The molecule has 22 heavy (non-hydrogen) atoms. The molecule has 0 bridgehead atoms. The fraction of sp³-hybridized carbons (Fsp3) is 0.867. The van der Waals surface area contributed by atoms with E-state index in [4.69, 9.17) is 18.9 Å². The van der Waals surface area contributed by atoms with Crippen LogP contribution in [0.2, 0.25) is 0 Å². The minimum atomic E-state index is -0.849. The van der Waals surface area contributed by atoms with Crippen molar-refractivity contribution in [2.45, 2.75) is 50.5 Å². The van der Waals surface area contributed by atoms with E-state index >= 15 is 0 Å². The van der Waals surface area contributed by atoms with Gasteiger partial charge in [0, 0.05) is 6.04 Å². The van der Waals surface area contributed by atoms with Gasteiger partial charge in [-0.05, 0) is 32.6 Å². The van der Waals surface area contributed by atoms with E-state index in [1.807, 2.05) is 0 Å². The fourth-order valence-electron chi connectivity index (χ4n) is 3.27. The standard InChI is InChI=1S/C15H25NO6/c1-15(14(18)20-3)9-10(13(17)19-2)11(16-15)5-4-6-12-21-7-8-22-12/h10-12,16H,4-9H2,1-3H3/t10-,11-,15-/m0/s1. The number of nitrogens with one attached hydrogen (secondary N) is 1. The Morgan fingerprint density at radius 3 is 2.45 bits per heavy atom. The lowest BCUT2D eigenvalue weighted by Gasteiger charge is -2.22. The van der Waals surface area contributed by atoms with E-state index < -0.39 is 5.54 Å². The van der Waals surface area contributed by atoms with Crippen molar-refractivity contribution in [1.82, 2.24) is 5.32 Å². The Morgan fingerprint density at radius 1 is 1.18 bits per heavy atom. The first-order valence-electron chi connectivity index (χ1n) is 7.67. The molecule has 2 fully saturated rings. The number of hydrogen-bond donors (Lipinski definition) is 1. The molecule has 7 nitrogen and oxygen atoms in total. The first-order valence-corrected chi connectivity index (χ1v) is 7.67. The summed E-state index contributed by atoms with van der Waals surface area (Å²) in [5, 5.41) is 3.25. The lowest BCUT2D eigenvalue weighted by Crippen LogP contribution is -2.48. The largest absolute Gasteiger partial charge is 0.469 e. The average Bonchev–Trinajstić information content (AvgIpc) is 3.14. The van der Waals surface area contributed by atoms with Gasteiger partial charge in [-0.25, -0.2) is 0 Å². The minimum Gasteiger partial charge on any atom is -0.469 e. The summed E-state index contributed by atoms with van der Waals surface area (Å²) in [5.74, 6) is -0.996. The highest BCUT2D eigenvalue weighted by atomic mass is 16.7. The molecule has 1 N–H and O–H groups in total. The molecule has 0 radical (unpaired) electrons. The Labute approximate surface area is 130 Å². The molecule has 2 aliphatic heterocycles. The molecule has 0 aromatic carbocycles. The quantitative estimate of drug-likeness (QED) is 0.719. The van der Waals surface area contributed by atoms with Crippen LogP contribution in [0.4, 0.5) is 0 Å². The van der Waals surface area contributed by atoms with Crippen molar-refractivity contribution in [1.29, 1.82) is 0 Å². The molecule has 0 spiro atoms. The van der Waals surface area contributed by atoms with Gasteiger partial charge in [0.25, 0.3) is 0 Å². The lowest BCUT2D eigenvalue weighted by atomic mass is 9.91. The summed E-state index contributed by atoms with van der Waals surface area (Å²) in [6, 6.07) is -0.113. The van der Waals surface area contributed by atoms with Crippen LogP contribution in [0, 0.1) is 5.92 Å². The summed E-state index contributed by atoms with van der Waals surface area (Å²) in [5.41, 5.74) is -0.849. The molecule has 0 unspecified atom stereocenters. The summed E-state index contributed by atoms with van der Waals surface area (Å²) in [7, 11) is 2.72. The molecule has 0 aromatic rings. The maximum absolute atomic E-state index is 12.0. The summed E-state index contributed by atoms with van der Waals surface area (Å²) >= 11 is 0. The van der Waals surface area contributed by atoms with Crippen LogP contribution in [0.1, 0.15) is 32.6 Å². The van der Waals surface area contributed by atoms with Crippen LogP contribution in [0.5, 0.6) is 0 Å². The van der Waals surface area contributed by atoms with Crippen molar-refractivity contribution >= 4 is 11.9 Å². The van der Waals surface area contributed by atoms with Gasteiger partial charge in [-0.2, -0.15) is 0 Å². The maximum atomic E-state index is 12.0. The van der Waals surface area contributed by atoms with Crippen LogP contribution >= 0.6 is 0 Å². The van der Waals surface area contributed by atoms with E-state index in [1.165, 1.54) is 14.2 Å². The van der Waals surface area contributed by atoms with Crippen molar-refractivity contribution in [3.05, 3.63) is 0 Å². The number of ether oxygens (including phenoxy) is 4. The zero-order valence-corrected chi connectivity index (χ0v) is 13.4. The Morgan fingerprint density at radius 2 is 1.86 bits per heavy atom. The first-order chi connectivity index (χ1) is 10.5. The van der Waals surface area contributed by atoms with Gasteiger partial charge in [0.2, 0.25) is 0 Å². The number of carbonyl (C=O) groups is 2. The number of rotatable bonds is 6. The number of carbonyl (C=O) groups excluding carboxylic acids is 2. The zero-order chi connectivity index (χ0) is 16.2. The molecule has 2 rings (SSSR count). The highest BCUT2D eigenvalue weighted by Gasteiger charge is 2.50. The van der Waals surface area contributed by atoms with E-state index in [0.29, 0.717) is 19.6 Å². The van der Waals surface area contributed by atoms with Crippen molar-refractivity contribution in [2.24, 2.45) is 5.92 Å². The van der Waals surface area contributed by atoms with Gasteiger partial charge in [-0.3, -0.25) is 14.9 Å². The molecular formula is C15H25NO6. The van der Waals surface area contributed by atoms with Gasteiger partial charge in [0.15, 0.2) is 6.29 Å². The number of esters is 2. The molecule has 7 heteroatoms. The van der Waals surface area contributed by atoms with Crippen molar-refractivity contribution < 1.29 is 28.5 Å². The summed E-state index contributed by atoms with van der Waals surface area (Å²) < 4.78 is 20.5. The third-order valence-electron chi connectivity index (χ3n) is 4.40. The second-order valence-corrected chi connectivity index (χ2v) is 6.01. The highest BCUT2D eigenvalue weighted by Crippen LogP contribution is 2.33. The topological polar surface area (TPSA) is 83.1 Å². The second-order valence-electron chi connectivity index (χ2n) is 6.01. The van der Waals surface area contributed by atoms with Crippen LogP contribution in [0.25, 0.3) is 0 Å². The van der Waals surface area contributed by atoms with Gasteiger partial charge in [0.1, 0.15) is 5.54 Å². The minimum absolute atomic E-state index is 0.113. The normalized spacial score (nSPS) is 32.1. The molecular weight excluding hydrogens is 290 g/mol. The van der Waals surface area contributed by atoms with Crippen molar-refractivity contribution in [3.63, 3.8) is 0 Å². The fourth-order valence-corrected chi connectivity index (χ4v) is 3.27. The van der Waals surface area contributed by atoms with Gasteiger partial charge < -0.3 is 18.9 Å².